The number of carbonyl (C=O) groups excluding carboxylic acids is 1. The van der Waals surface area contributed by atoms with E-state index in [9.17, 15) is 18.0 Å². The maximum Gasteiger partial charge on any atom is 0.326 e. The van der Waals surface area contributed by atoms with E-state index in [2.05, 4.69) is 10.0 Å². The molecule has 0 saturated carbocycles. The van der Waals surface area contributed by atoms with Gasteiger partial charge >= 0.3 is 5.97 Å². The molecule has 0 aromatic heterocycles. The van der Waals surface area contributed by atoms with Crippen LogP contribution in [0.25, 0.3) is 0 Å². The molecule has 0 radical (unpaired) electrons. The lowest BCUT2D eigenvalue weighted by Crippen LogP contribution is -2.40. The van der Waals surface area contributed by atoms with E-state index in [-0.39, 0.29) is 23.4 Å². The third-order valence-electron chi connectivity index (χ3n) is 3.90. The SMILES string of the molecule is CCCC(NC(=O)c1cccc(S(=O)(=O)NCc2ccccc2)c1)C(=O)O. The predicted octanol–water partition coefficient (Wildman–Crippen LogP) is 2.15. The summed E-state index contributed by atoms with van der Waals surface area (Å²) in [4.78, 5) is 23.4. The lowest BCUT2D eigenvalue weighted by atomic mass is 10.1. The Labute approximate surface area is 158 Å². The molecule has 0 fully saturated rings. The lowest BCUT2D eigenvalue weighted by molar-refractivity contribution is -0.139. The highest BCUT2D eigenvalue weighted by Gasteiger charge is 2.21. The van der Waals surface area contributed by atoms with Crippen LogP contribution < -0.4 is 10.0 Å². The number of benzene rings is 2. The molecular weight excluding hydrogens is 368 g/mol. The molecule has 7 nitrogen and oxygen atoms in total. The zero-order chi connectivity index (χ0) is 19.9. The quantitative estimate of drug-likeness (QED) is 0.607. The zero-order valence-corrected chi connectivity index (χ0v) is 15.7. The fourth-order valence-corrected chi connectivity index (χ4v) is 3.51. The second-order valence-corrected chi connectivity index (χ2v) is 7.76. The number of carboxylic acids is 1. The molecule has 27 heavy (non-hydrogen) atoms. The molecule has 1 atom stereocenters. The first-order chi connectivity index (χ1) is 12.8. The van der Waals surface area contributed by atoms with E-state index < -0.39 is 27.9 Å². The van der Waals surface area contributed by atoms with Gasteiger partial charge in [0, 0.05) is 12.1 Å². The van der Waals surface area contributed by atoms with Crippen LogP contribution >= 0.6 is 0 Å². The summed E-state index contributed by atoms with van der Waals surface area (Å²) in [5, 5.41) is 11.6. The van der Waals surface area contributed by atoms with Gasteiger partial charge in [-0.3, -0.25) is 4.79 Å². The molecular formula is C19H22N2O5S. The molecule has 1 unspecified atom stereocenters. The Morgan fingerprint density at radius 3 is 2.41 bits per heavy atom. The van der Waals surface area contributed by atoms with Crippen molar-refractivity contribution in [2.24, 2.45) is 0 Å². The van der Waals surface area contributed by atoms with Crippen LogP contribution in [-0.4, -0.2) is 31.4 Å². The molecule has 0 spiro atoms. The third-order valence-corrected chi connectivity index (χ3v) is 5.30. The van der Waals surface area contributed by atoms with Gasteiger partial charge in [-0.1, -0.05) is 49.7 Å². The number of carboxylic acid groups (broad SMARTS) is 1. The van der Waals surface area contributed by atoms with Gasteiger partial charge in [0.05, 0.1) is 4.90 Å². The molecule has 0 saturated heterocycles. The maximum absolute atomic E-state index is 12.5. The number of hydrogen-bond acceptors (Lipinski definition) is 4. The van der Waals surface area contributed by atoms with Gasteiger partial charge in [0.2, 0.25) is 10.0 Å². The molecule has 1 amide bonds. The average Bonchev–Trinajstić information content (AvgIpc) is 2.67. The number of carbonyl (C=O) groups is 2. The lowest BCUT2D eigenvalue weighted by Gasteiger charge is -2.14. The average molecular weight is 390 g/mol. The molecule has 2 aromatic rings. The summed E-state index contributed by atoms with van der Waals surface area (Å²) in [6.45, 7) is 1.94. The second-order valence-electron chi connectivity index (χ2n) is 5.99. The number of sulfonamides is 1. The Bertz CT molecular complexity index is 897. The van der Waals surface area contributed by atoms with Crippen LogP contribution in [0.1, 0.15) is 35.7 Å². The highest BCUT2D eigenvalue weighted by Crippen LogP contribution is 2.13. The summed E-state index contributed by atoms with van der Waals surface area (Å²) in [6.07, 6.45) is 0.882. The number of amides is 1. The van der Waals surface area contributed by atoms with Crippen LogP contribution in [0.15, 0.2) is 59.5 Å². The maximum atomic E-state index is 12.5. The highest BCUT2D eigenvalue weighted by molar-refractivity contribution is 7.89. The summed E-state index contributed by atoms with van der Waals surface area (Å²) < 4.78 is 27.4. The van der Waals surface area contributed by atoms with Crippen molar-refractivity contribution in [2.75, 3.05) is 0 Å². The Morgan fingerprint density at radius 2 is 1.78 bits per heavy atom. The summed E-state index contributed by atoms with van der Waals surface area (Å²) in [5.41, 5.74) is 0.888. The zero-order valence-electron chi connectivity index (χ0n) is 14.9. The molecule has 144 valence electrons. The van der Waals surface area contributed by atoms with Crippen LogP contribution in [0.3, 0.4) is 0 Å². The fourth-order valence-electron chi connectivity index (χ4n) is 2.45. The molecule has 2 rings (SSSR count). The van der Waals surface area contributed by atoms with Crippen molar-refractivity contribution < 1.29 is 23.1 Å². The number of nitrogens with one attached hydrogen (secondary N) is 2. The van der Waals surface area contributed by atoms with Gasteiger partial charge in [-0.05, 0) is 30.2 Å². The summed E-state index contributed by atoms with van der Waals surface area (Å²) in [7, 11) is -3.82. The van der Waals surface area contributed by atoms with Crippen molar-refractivity contribution in [3.05, 3.63) is 65.7 Å². The van der Waals surface area contributed by atoms with E-state index in [4.69, 9.17) is 5.11 Å². The van der Waals surface area contributed by atoms with Crippen LogP contribution in [-0.2, 0) is 21.4 Å². The normalized spacial score (nSPS) is 12.3. The largest absolute Gasteiger partial charge is 0.480 e. The van der Waals surface area contributed by atoms with E-state index in [0.29, 0.717) is 6.42 Å². The van der Waals surface area contributed by atoms with Gasteiger partial charge in [0.25, 0.3) is 5.91 Å². The summed E-state index contributed by atoms with van der Waals surface area (Å²) in [5.74, 6) is -1.76. The molecule has 0 bridgehead atoms. The topological polar surface area (TPSA) is 113 Å². The Balaban J connectivity index is 2.13. The second kappa shape index (κ2) is 9.29. The Morgan fingerprint density at radius 1 is 1.07 bits per heavy atom. The van der Waals surface area contributed by atoms with Crippen molar-refractivity contribution in [1.82, 2.24) is 10.0 Å². The molecule has 3 N–H and O–H groups in total. The van der Waals surface area contributed by atoms with Crippen molar-refractivity contribution in [3.8, 4) is 0 Å². The van der Waals surface area contributed by atoms with E-state index in [1.165, 1.54) is 24.3 Å². The number of aliphatic carboxylic acids is 1. The van der Waals surface area contributed by atoms with Crippen LogP contribution in [0.5, 0.6) is 0 Å². The highest BCUT2D eigenvalue weighted by atomic mass is 32.2. The van der Waals surface area contributed by atoms with Crippen molar-refractivity contribution in [3.63, 3.8) is 0 Å². The first-order valence-electron chi connectivity index (χ1n) is 8.51. The minimum atomic E-state index is -3.82. The van der Waals surface area contributed by atoms with E-state index in [1.54, 1.807) is 12.1 Å². The molecule has 0 heterocycles. The van der Waals surface area contributed by atoms with Gasteiger partial charge < -0.3 is 10.4 Å². The Hall–Kier alpha value is -2.71. The van der Waals surface area contributed by atoms with Gasteiger partial charge in [0.1, 0.15) is 6.04 Å². The molecule has 0 aliphatic carbocycles. The van der Waals surface area contributed by atoms with E-state index in [1.807, 2.05) is 25.1 Å². The molecule has 8 heteroatoms. The molecule has 0 aliphatic heterocycles. The third kappa shape index (κ3) is 5.90. The van der Waals surface area contributed by atoms with Crippen LogP contribution in [0.4, 0.5) is 0 Å². The first-order valence-corrected chi connectivity index (χ1v) is 9.99. The van der Waals surface area contributed by atoms with Gasteiger partial charge in [0.15, 0.2) is 0 Å². The minimum Gasteiger partial charge on any atom is -0.480 e. The van der Waals surface area contributed by atoms with Gasteiger partial charge in [-0.15, -0.1) is 0 Å². The number of rotatable bonds is 9. The van der Waals surface area contributed by atoms with Crippen LogP contribution in [0, 0.1) is 0 Å². The van der Waals surface area contributed by atoms with Crippen LogP contribution in [0.2, 0.25) is 0 Å². The van der Waals surface area contributed by atoms with E-state index >= 15 is 0 Å². The molecule has 0 aliphatic rings. The minimum absolute atomic E-state index is 0.0616. The fraction of sp³-hybridized carbons (Fsp3) is 0.263. The van der Waals surface area contributed by atoms with Crippen molar-refractivity contribution >= 4 is 21.9 Å². The predicted molar refractivity (Wildman–Crippen MR) is 101 cm³/mol. The number of hydrogen-bond donors (Lipinski definition) is 3. The van der Waals surface area contributed by atoms with Gasteiger partial charge in [-0.25, -0.2) is 17.9 Å². The van der Waals surface area contributed by atoms with Gasteiger partial charge in [-0.2, -0.15) is 0 Å². The van der Waals surface area contributed by atoms with Crippen molar-refractivity contribution in [1.29, 1.82) is 0 Å². The standard InChI is InChI=1S/C19H22N2O5S/c1-2-7-17(19(23)24)21-18(22)15-10-6-11-16(12-15)27(25,26)20-13-14-8-4-3-5-9-14/h3-6,8-12,17,20H,2,7,13H2,1H3,(H,21,22)(H,23,24). The monoisotopic (exact) mass is 390 g/mol. The molecule has 2 aromatic carbocycles. The summed E-state index contributed by atoms with van der Waals surface area (Å²) in [6, 6.07) is 13.5. The summed E-state index contributed by atoms with van der Waals surface area (Å²) >= 11 is 0. The van der Waals surface area contributed by atoms with E-state index in [0.717, 1.165) is 5.56 Å². The van der Waals surface area contributed by atoms with Crippen molar-refractivity contribution in [2.45, 2.75) is 37.2 Å². The Kier molecular flexibility index (Phi) is 7.09. The first kappa shape index (κ1) is 20.6. The smallest absolute Gasteiger partial charge is 0.326 e.